The van der Waals surface area contributed by atoms with E-state index < -0.39 is 48.0 Å². The third-order valence-electron chi connectivity index (χ3n) is 10.1. The second-order valence-electron chi connectivity index (χ2n) is 15.1. The molecule has 4 aromatic carbocycles. The third-order valence-corrected chi connectivity index (χ3v) is 10.1. The highest BCUT2D eigenvalue weighted by Crippen LogP contribution is 2.29. The molecule has 72 heavy (non-hydrogen) atoms. The third kappa shape index (κ3) is 16.8. The van der Waals surface area contributed by atoms with Crippen LogP contribution in [0.1, 0.15) is 81.0 Å². The summed E-state index contributed by atoms with van der Waals surface area (Å²) in [6.45, 7) is 11.2. The van der Waals surface area contributed by atoms with E-state index in [0.717, 1.165) is 12.2 Å². The molecule has 20 nitrogen and oxygen atoms in total. The van der Waals surface area contributed by atoms with Crippen LogP contribution in [0.15, 0.2) is 110 Å². The summed E-state index contributed by atoms with van der Waals surface area (Å²) < 4.78 is 53.8. The zero-order valence-corrected chi connectivity index (χ0v) is 39.8. The van der Waals surface area contributed by atoms with E-state index in [-0.39, 0.29) is 97.9 Å². The molecule has 0 aliphatic carbocycles. The van der Waals surface area contributed by atoms with Crippen LogP contribution in [0.3, 0.4) is 0 Å². The summed E-state index contributed by atoms with van der Waals surface area (Å²) in [4.78, 5) is 104. The fraction of sp³-hybridized carbons (Fsp3) is 0.308. The average molecular weight is 995 g/mol. The average Bonchev–Trinajstić information content (AvgIpc) is 3.39. The van der Waals surface area contributed by atoms with Gasteiger partial charge >= 0.3 is 48.0 Å². The molecule has 0 N–H and O–H groups in total. The minimum absolute atomic E-state index is 0.00801. The molecule has 1 aliphatic rings. The zero-order valence-electron chi connectivity index (χ0n) is 39.8. The maximum Gasteiger partial charge on any atom is 0.415 e. The summed E-state index contributed by atoms with van der Waals surface area (Å²) in [5, 5.41) is 0. The van der Waals surface area contributed by atoms with Gasteiger partial charge in [0.15, 0.2) is 0 Å². The van der Waals surface area contributed by atoms with Gasteiger partial charge in [0.2, 0.25) is 0 Å². The monoisotopic (exact) mass is 994 g/mol. The Balaban J connectivity index is 1.11. The van der Waals surface area contributed by atoms with Gasteiger partial charge in [-0.2, -0.15) is 0 Å². The van der Waals surface area contributed by atoms with Crippen molar-refractivity contribution in [2.45, 2.75) is 39.5 Å². The molecule has 0 spiro atoms. The van der Waals surface area contributed by atoms with Crippen molar-refractivity contribution in [2.24, 2.45) is 0 Å². The second-order valence-corrected chi connectivity index (χ2v) is 15.1. The van der Waals surface area contributed by atoms with Crippen LogP contribution >= 0.6 is 0 Å². The maximum absolute atomic E-state index is 13.3. The van der Waals surface area contributed by atoms with E-state index in [1.807, 2.05) is 0 Å². The van der Waals surface area contributed by atoms with Gasteiger partial charge in [-0.15, -0.1) is 0 Å². The molecule has 380 valence electrons. The van der Waals surface area contributed by atoms with Crippen LogP contribution in [0.5, 0.6) is 34.5 Å². The number of nitrogens with zero attached hydrogens (tertiary/aromatic N) is 2. The fourth-order valence-electron chi connectivity index (χ4n) is 6.41. The molecule has 1 fully saturated rings. The number of hydrogen-bond acceptors (Lipinski definition) is 18. The van der Waals surface area contributed by atoms with Gasteiger partial charge in [0.1, 0.15) is 45.6 Å². The van der Waals surface area contributed by atoms with Gasteiger partial charge in [-0.1, -0.05) is 13.2 Å². The quantitative estimate of drug-likeness (QED) is 0.0216. The highest BCUT2D eigenvalue weighted by Gasteiger charge is 2.28. The lowest BCUT2D eigenvalue weighted by Crippen LogP contribution is -2.52. The van der Waals surface area contributed by atoms with Crippen molar-refractivity contribution in [3.8, 4) is 34.5 Å². The van der Waals surface area contributed by atoms with Crippen LogP contribution in [-0.2, 0) is 28.5 Å². The molecule has 0 saturated carbocycles. The largest absolute Gasteiger partial charge is 0.494 e. The first-order valence-electron chi connectivity index (χ1n) is 22.9. The molecule has 2 amide bonds. The number of carbonyl (C=O) groups excluding carboxylic acids is 8. The number of rotatable bonds is 24. The maximum atomic E-state index is 13.3. The second kappa shape index (κ2) is 28.1. The highest BCUT2D eigenvalue weighted by molar-refractivity contribution is 5.98. The van der Waals surface area contributed by atoms with E-state index in [9.17, 15) is 38.4 Å². The molecule has 5 rings (SSSR count). The zero-order chi connectivity index (χ0) is 51.8. The number of hydrogen-bond donors (Lipinski definition) is 0. The molecule has 4 aromatic rings. The van der Waals surface area contributed by atoms with Gasteiger partial charge < -0.3 is 57.2 Å². The fourth-order valence-corrected chi connectivity index (χ4v) is 6.41. The van der Waals surface area contributed by atoms with Gasteiger partial charge in [0, 0.05) is 38.3 Å². The van der Waals surface area contributed by atoms with Crippen molar-refractivity contribution in [2.75, 3.05) is 65.8 Å². The Labute approximate surface area is 414 Å². The molecule has 0 radical (unpaired) electrons. The number of esters is 6. The number of carbonyl (C=O) groups is 8. The van der Waals surface area contributed by atoms with E-state index >= 15 is 0 Å². The first kappa shape index (κ1) is 54.3. The van der Waals surface area contributed by atoms with Crippen LogP contribution in [0.4, 0.5) is 9.59 Å². The summed E-state index contributed by atoms with van der Waals surface area (Å²) in [5.41, 5.74) is -0.0289. The molecular weight excluding hydrogens is 941 g/mol. The minimum atomic E-state index is -0.831. The Hall–Kier alpha value is -8.68. The lowest BCUT2D eigenvalue weighted by Gasteiger charge is -2.33. The van der Waals surface area contributed by atoms with Crippen molar-refractivity contribution in [3.05, 3.63) is 132 Å². The Bertz CT molecular complexity index is 2390. The molecule has 0 atom stereocenters. The van der Waals surface area contributed by atoms with Crippen molar-refractivity contribution in [3.63, 3.8) is 0 Å². The van der Waals surface area contributed by atoms with Gasteiger partial charge in [-0.3, -0.25) is 0 Å². The Morgan fingerprint density at radius 2 is 0.792 bits per heavy atom. The predicted molar refractivity (Wildman–Crippen MR) is 255 cm³/mol. The molecule has 1 heterocycles. The standard InChI is InChI=1S/C52H54N2O18/c1-5-45(55)67-31-11-9-29-65-37-17-13-35(14-18-37)47(57)71-43-23-21-39(33-41(43)49(59)63-7-3)69-51(61)53-25-27-54(28-26-53)52(62)70-40-22-24-44(42(34-40)50(60)64-8-4)72-48(58)36-15-19-38(20-16-36)66-30-10-12-32-68-46(56)6-2/h5-6,13-24,33-34H,1-2,7-12,25-32H2,3-4H3. The van der Waals surface area contributed by atoms with E-state index in [0.29, 0.717) is 50.4 Å². The lowest BCUT2D eigenvalue weighted by atomic mass is 10.1. The van der Waals surface area contributed by atoms with Gasteiger partial charge in [0.05, 0.1) is 50.8 Å². The number of ether oxygens (including phenoxy) is 10. The van der Waals surface area contributed by atoms with Crippen molar-refractivity contribution in [1.82, 2.24) is 9.80 Å². The normalized spacial score (nSPS) is 11.8. The summed E-state index contributed by atoms with van der Waals surface area (Å²) in [6, 6.07) is 20.0. The van der Waals surface area contributed by atoms with E-state index in [1.165, 1.54) is 70.5 Å². The van der Waals surface area contributed by atoms with Gasteiger partial charge in [-0.05, 0) is 124 Å². The van der Waals surface area contributed by atoms with Crippen molar-refractivity contribution in [1.29, 1.82) is 0 Å². The molecule has 0 bridgehead atoms. The number of amides is 2. The summed E-state index contributed by atoms with van der Waals surface area (Å²) >= 11 is 0. The van der Waals surface area contributed by atoms with Crippen LogP contribution in [-0.4, -0.2) is 124 Å². The number of unbranched alkanes of at least 4 members (excludes halogenated alkanes) is 2. The Morgan fingerprint density at radius 3 is 1.14 bits per heavy atom. The minimum Gasteiger partial charge on any atom is -0.494 e. The van der Waals surface area contributed by atoms with Crippen LogP contribution in [0, 0.1) is 0 Å². The Morgan fingerprint density at radius 1 is 0.444 bits per heavy atom. The SMILES string of the molecule is C=CC(=O)OCCCCOc1ccc(C(=O)Oc2ccc(OC(=O)N3CCN(C(=O)Oc4ccc(OC(=O)c5ccc(OCCCCOC(=O)C=C)cc5)c(C(=O)OCC)c4)CC3)cc2C(=O)OCC)cc1. The van der Waals surface area contributed by atoms with Crippen molar-refractivity contribution >= 4 is 48.0 Å². The topological polar surface area (TPSA) is 235 Å². The molecule has 0 aromatic heterocycles. The van der Waals surface area contributed by atoms with E-state index in [1.54, 1.807) is 38.1 Å². The lowest BCUT2D eigenvalue weighted by molar-refractivity contribution is -0.138. The molecule has 1 aliphatic heterocycles. The number of benzene rings is 4. The molecular formula is C52H54N2O18. The van der Waals surface area contributed by atoms with E-state index in [2.05, 4.69) is 13.2 Å². The summed E-state index contributed by atoms with van der Waals surface area (Å²) in [6.07, 6.45) is 3.03. The predicted octanol–water partition coefficient (Wildman–Crippen LogP) is 7.57. The molecule has 20 heteroatoms. The van der Waals surface area contributed by atoms with E-state index in [4.69, 9.17) is 47.4 Å². The van der Waals surface area contributed by atoms with Crippen LogP contribution in [0.25, 0.3) is 0 Å². The van der Waals surface area contributed by atoms with Gasteiger partial charge in [-0.25, -0.2) is 38.4 Å². The summed E-state index contributed by atoms with van der Waals surface area (Å²) in [7, 11) is 0. The van der Waals surface area contributed by atoms with Gasteiger partial charge in [0.25, 0.3) is 0 Å². The van der Waals surface area contributed by atoms with Crippen molar-refractivity contribution < 1.29 is 85.7 Å². The summed E-state index contributed by atoms with van der Waals surface area (Å²) in [5.74, 6) is -3.60. The highest BCUT2D eigenvalue weighted by atomic mass is 16.6. The first-order chi connectivity index (χ1) is 34.8. The number of piperazine rings is 1. The molecule has 1 saturated heterocycles. The van der Waals surface area contributed by atoms with Crippen LogP contribution < -0.4 is 28.4 Å². The van der Waals surface area contributed by atoms with Crippen LogP contribution in [0.2, 0.25) is 0 Å². The Kier molecular flexibility index (Phi) is 21.2. The molecule has 0 unspecified atom stereocenters. The smallest absolute Gasteiger partial charge is 0.415 e. The first-order valence-corrected chi connectivity index (χ1v) is 22.9.